The maximum Gasteiger partial charge on any atom is 0.0419 e. The molecule has 2 atom stereocenters. The van der Waals surface area contributed by atoms with Gasteiger partial charge in [-0.1, -0.05) is 30.3 Å². The van der Waals surface area contributed by atoms with Crippen LogP contribution in [0.3, 0.4) is 0 Å². The molecule has 2 unspecified atom stereocenters. The number of rotatable bonds is 4. The van der Waals surface area contributed by atoms with Crippen LogP contribution in [-0.2, 0) is 19.3 Å². The van der Waals surface area contributed by atoms with E-state index in [0.717, 1.165) is 6.42 Å². The second-order valence-corrected chi connectivity index (χ2v) is 5.69. The van der Waals surface area contributed by atoms with E-state index in [0.29, 0.717) is 12.0 Å². The molecule has 2 heteroatoms. The molecule has 0 spiro atoms. The summed E-state index contributed by atoms with van der Waals surface area (Å²) in [6, 6.07) is 15.6. The smallest absolute Gasteiger partial charge is 0.0419 e. The van der Waals surface area contributed by atoms with Crippen molar-refractivity contribution in [3.8, 4) is 0 Å². The van der Waals surface area contributed by atoms with Crippen LogP contribution in [0.25, 0.3) is 0 Å². The standard InChI is InChI=1S/C18H22N2/c1-19-18(13-17-8-4-5-11-20-17)16-10-9-14-6-2-3-7-15(14)12-16/h2-8,11,16,18-19H,9-10,12-13H2,1H3. The summed E-state index contributed by atoms with van der Waals surface area (Å²) in [6.45, 7) is 0. The Labute approximate surface area is 121 Å². The molecule has 1 heterocycles. The Balaban J connectivity index is 1.72. The van der Waals surface area contributed by atoms with Crippen LogP contribution in [0.15, 0.2) is 48.7 Å². The van der Waals surface area contributed by atoms with Gasteiger partial charge in [-0.25, -0.2) is 0 Å². The van der Waals surface area contributed by atoms with Crippen molar-refractivity contribution in [3.63, 3.8) is 0 Å². The summed E-state index contributed by atoms with van der Waals surface area (Å²) in [5, 5.41) is 3.51. The molecule has 0 fully saturated rings. The Morgan fingerprint density at radius 3 is 2.70 bits per heavy atom. The molecule has 1 aromatic heterocycles. The first-order valence-corrected chi connectivity index (χ1v) is 7.51. The van der Waals surface area contributed by atoms with Gasteiger partial charge in [-0.05, 0) is 55.5 Å². The molecule has 1 aromatic carbocycles. The van der Waals surface area contributed by atoms with Crippen LogP contribution in [0.5, 0.6) is 0 Å². The number of pyridine rings is 1. The lowest BCUT2D eigenvalue weighted by Gasteiger charge is -2.31. The summed E-state index contributed by atoms with van der Waals surface area (Å²) < 4.78 is 0. The summed E-state index contributed by atoms with van der Waals surface area (Å²) in [6.07, 6.45) is 6.58. The number of fused-ring (bicyclic) bond motifs is 1. The van der Waals surface area contributed by atoms with Gasteiger partial charge in [0.05, 0.1) is 0 Å². The lowest BCUT2D eigenvalue weighted by Crippen LogP contribution is -2.38. The van der Waals surface area contributed by atoms with Crippen LogP contribution in [-0.4, -0.2) is 18.1 Å². The number of hydrogen-bond donors (Lipinski definition) is 1. The zero-order valence-corrected chi connectivity index (χ0v) is 12.0. The molecule has 0 aliphatic heterocycles. The Kier molecular flexibility index (Phi) is 4.12. The van der Waals surface area contributed by atoms with E-state index >= 15 is 0 Å². The highest BCUT2D eigenvalue weighted by Gasteiger charge is 2.25. The third kappa shape index (κ3) is 2.91. The Hall–Kier alpha value is -1.67. The van der Waals surface area contributed by atoms with Crippen molar-refractivity contribution in [2.45, 2.75) is 31.7 Å². The van der Waals surface area contributed by atoms with Crippen molar-refractivity contribution in [2.75, 3.05) is 7.05 Å². The first-order valence-electron chi connectivity index (χ1n) is 7.51. The molecule has 20 heavy (non-hydrogen) atoms. The maximum absolute atomic E-state index is 4.47. The van der Waals surface area contributed by atoms with Gasteiger partial charge in [-0.2, -0.15) is 0 Å². The van der Waals surface area contributed by atoms with Gasteiger partial charge in [-0.3, -0.25) is 4.98 Å². The highest BCUT2D eigenvalue weighted by Crippen LogP contribution is 2.28. The fourth-order valence-electron chi connectivity index (χ4n) is 3.32. The van der Waals surface area contributed by atoms with Gasteiger partial charge in [0, 0.05) is 24.4 Å². The average Bonchev–Trinajstić information content (AvgIpc) is 2.53. The molecule has 0 amide bonds. The van der Waals surface area contributed by atoms with Crippen molar-refractivity contribution in [3.05, 3.63) is 65.5 Å². The molecule has 0 bridgehead atoms. The van der Waals surface area contributed by atoms with Crippen LogP contribution >= 0.6 is 0 Å². The predicted molar refractivity (Wildman–Crippen MR) is 82.7 cm³/mol. The predicted octanol–water partition coefficient (Wildman–Crippen LogP) is 3.02. The van der Waals surface area contributed by atoms with Gasteiger partial charge in [0.1, 0.15) is 0 Å². The third-order valence-corrected chi connectivity index (χ3v) is 4.48. The molecule has 1 N–H and O–H groups in total. The van der Waals surface area contributed by atoms with Crippen LogP contribution < -0.4 is 5.32 Å². The van der Waals surface area contributed by atoms with Crippen molar-refractivity contribution in [1.82, 2.24) is 10.3 Å². The van der Waals surface area contributed by atoms with Crippen LogP contribution in [0.2, 0.25) is 0 Å². The molecular formula is C18H22N2. The molecule has 1 aliphatic rings. The second kappa shape index (κ2) is 6.19. The third-order valence-electron chi connectivity index (χ3n) is 4.48. The fourth-order valence-corrected chi connectivity index (χ4v) is 3.32. The minimum absolute atomic E-state index is 0.512. The minimum Gasteiger partial charge on any atom is -0.316 e. The van der Waals surface area contributed by atoms with Gasteiger partial charge in [0.2, 0.25) is 0 Å². The number of nitrogens with zero attached hydrogens (tertiary/aromatic N) is 1. The fraction of sp³-hybridized carbons (Fsp3) is 0.389. The number of nitrogens with one attached hydrogen (secondary N) is 1. The van der Waals surface area contributed by atoms with E-state index in [-0.39, 0.29) is 0 Å². The molecule has 0 saturated heterocycles. The average molecular weight is 266 g/mol. The van der Waals surface area contributed by atoms with Crippen LogP contribution in [0.1, 0.15) is 23.2 Å². The monoisotopic (exact) mass is 266 g/mol. The van der Waals surface area contributed by atoms with E-state index < -0.39 is 0 Å². The molecule has 104 valence electrons. The van der Waals surface area contributed by atoms with Crippen molar-refractivity contribution >= 4 is 0 Å². The molecule has 2 aromatic rings. The maximum atomic E-state index is 4.47. The highest BCUT2D eigenvalue weighted by atomic mass is 14.9. The lowest BCUT2D eigenvalue weighted by atomic mass is 9.79. The van der Waals surface area contributed by atoms with E-state index in [1.165, 1.54) is 36.1 Å². The van der Waals surface area contributed by atoms with Crippen LogP contribution in [0, 0.1) is 5.92 Å². The van der Waals surface area contributed by atoms with Crippen molar-refractivity contribution in [1.29, 1.82) is 0 Å². The Bertz CT molecular complexity index is 550. The van der Waals surface area contributed by atoms with E-state index in [2.05, 4.69) is 53.7 Å². The number of aromatic nitrogens is 1. The second-order valence-electron chi connectivity index (χ2n) is 5.69. The lowest BCUT2D eigenvalue weighted by molar-refractivity contribution is 0.331. The minimum atomic E-state index is 0.512. The summed E-state index contributed by atoms with van der Waals surface area (Å²) >= 11 is 0. The van der Waals surface area contributed by atoms with Crippen LogP contribution in [0.4, 0.5) is 0 Å². The summed E-state index contributed by atoms with van der Waals surface area (Å²) in [5.41, 5.74) is 4.26. The summed E-state index contributed by atoms with van der Waals surface area (Å²) in [7, 11) is 2.08. The van der Waals surface area contributed by atoms with Gasteiger partial charge in [0.25, 0.3) is 0 Å². The SMILES string of the molecule is CNC(Cc1ccccn1)C1CCc2ccccc2C1. The van der Waals surface area contributed by atoms with E-state index in [1.54, 1.807) is 0 Å². The number of hydrogen-bond acceptors (Lipinski definition) is 2. The van der Waals surface area contributed by atoms with Gasteiger partial charge >= 0.3 is 0 Å². The molecule has 1 aliphatic carbocycles. The highest BCUT2D eigenvalue weighted by molar-refractivity contribution is 5.30. The summed E-state index contributed by atoms with van der Waals surface area (Å²) in [4.78, 5) is 4.47. The molecule has 0 saturated carbocycles. The molecule has 3 rings (SSSR count). The summed E-state index contributed by atoms with van der Waals surface area (Å²) in [5.74, 6) is 0.705. The molecular weight excluding hydrogens is 244 g/mol. The number of aryl methyl sites for hydroxylation is 1. The number of benzene rings is 1. The first-order chi connectivity index (χ1) is 9.86. The van der Waals surface area contributed by atoms with E-state index in [1.807, 2.05) is 12.3 Å². The zero-order valence-electron chi connectivity index (χ0n) is 12.0. The molecule has 2 nitrogen and oxygen atoms in total. The van der Waals surface area contributed by atoms with E-state index in [9.17, 15) is 0 Å². The van der Waals surface area contributed by atoms with Gasteiger partial charge < -0.3 is 5.32 Å². The normalized spacial score (nSPS) is 19.4. The van der Waals surface area contributed by atoms with Gasteiger partial charge in [0.15, 0.2) is 0 Å². The zero-order chi connectivity index (χ0) is 13.8. The van der Waals surface area contributed by atoms with Crippen molar-refractivity contribution in [2.24, 2.45) is 5.92 Å². The topological polar surface area (TPSA) is 24.9 Å². The Morgan fingerprint density at radius 1 is 1.15 bits per heavy atom. The van der Waals surface area contributed by atoms with Crippen molar-refractivity contribution < 1.29 is 0 Å². The Morgan fingerprint density at radius 2 is 1.95 bits per heavy atom. The van der Waals surface area contributed by atoms with Gasteiger partial charge in [-0.15, -0.1) is 0 Å². The number of likely N-dealkylation sites (N-methyl/N-ethyl adjacent to an activating group) is 1. The molecule has 0 radical (unpaired) electrons. The quantitative estimate of drug-likeness (QED) is 0.920. The first kappa shape index (κ1) is 13.3. The largest absolute Gasteiger partial charge is 0.316 e. The van der Waals surface area contributed by atoms with E-state index in [4.69, 9.17) is 0 Å².